The molecule has 0 radical (unpaired) electrons. The van der Waals surface area contributed by atoms with Crippen LogP contribution < -0.4 is 5.73 Å². The van der Waals surface area contributed by atoms with Gasteiger partial charge in [-0.1, -0.05) is 13.0 Å². The van der Waals surface area contributed by atoms with Crippen LogP contribution in [0.15, 0.2) is 31.4 Å². The summed E-state index contributed by atoms with van der Waals surface area (Å²) in [7, 11) is 0. The van der Waals surface area contributed by atoms with Gasteiger partial charge in [-0.15, -0.1) is 13.2 Å². The molecule has 1 rings (SSSR count). The summed E-state index contributed by atoms with van der Waals surface area (Å²) in [5.74, 6) is -0.261. The Hall–Kier alpha value is -1.64. The van der Waals surface area contributed by atoms with E-state index in [0.717, 1.165) is 0 Å². The minimum absolute atomic E-state index is 0.110. The molecule has 0 unspecified atom stereocenters. The first kappa shape index (κ1) is 13.4. The van der Waals surface area contributed by atoms with Gasteiger partial charge in [0.25, 0.3) is 0 Å². The Balaban J connectivity index is 0.000000921. The van der Waals surface area contributed by atoms with Gasteiger partial charge in [-0.2, -0.15) is 0 Å². The number of halogens is 1. The lowest BCUT2D eigenvalue weighted by atomic mass is 10.1. The van der Waals surface area contributed by atoms with Crippen molar-refractivity contribution in [2.24, 2.45) is 0 Å². The molecule has 3 heteroatoms. The maximum atomic E-state index is 12.6. The van der Waals surface area contributed by atoms with Gasteiger partial charge >= 0.3 is 0 Å². The van der Waals surface area contributed by atoms with E-state index in [2.05, 4.69) is 13.2 Å². The molecule has 1 aromatic rings. The Morgan fingerprint density at radius 3 is 2.53 bits per heavy atom. The fourth-order valence-electron chi connectivity index (χ4n) is 1.06. The number of carbonyl (C=O) groups is 1. The smallest absolute Gasteiger partial charge is 0.137 e. The van der Waals surface area contributed by atoms with Crippen LogP contribution in [-0.2, 0) is 11.2 Å². The van der Waals surface area contributed by atoms with Gasteiger partial charge in [-0.25, -0.2) is 4.39 Å². The highest BCUT2D eigenvalue weighted by Crippen LogP contribution is 2.14. The third-order valence-corrected chi connectivity index (χ3v) is 1.89. The molecule has 15 heavy (non-hydrogen) atoms. The zero-order valence-corrected chi connectivity index (χ0v) is 8.92. The van der Waals surface area contributed by atoms with E-state index in [4.69, 9.17) is 5.73 Å². The number of ketones is 1. The number of carbonyl (C=O) groups excluding carboxylic acids is 1. The van der Waals surface area contributed by atoms with Crippen LogP contribution in [0.4, 0.5) is 10.1 Å². The van der Waals surface area contributed by atoms with E-state index in [9.17, 15) is 9.18 Å². The van der Waals surface area contributed by atoms with Crippen LogP contribution in [0.2, 0.25) is 0 Å². The normalized spacial score (nSPS) is 8.93. The molecule has 0 bridgehead atoms. The SMILES string of the molecule is C=C.CCC(=O)Cc1ccc(F)cc1N. The van der Waals surface area contributed by atoms with Crippen molar-refractivity contribution in [1.29, 1.82) is 0 Å². The number of Topliss-reactive ketones (excluding diaryl/α,β-unsaturated/α-hetero) is 1. The lowest BCUT2D eigenvalue weighted by Crippen LogP contribution is -2.03. The molecule has 0 aliphatic carbocycles. The molecule has 0 aliphatic heterocycles. The second-order valence-corrected chi connectivity index (χ2v) is 2.91. The number of nitrogens with two attached hydrogens (primary N) is 1. The third-order valence-electron chi connectivity index (χ3n) is 1.89. The first-order chi connectivity index (χ1) is 7.13. The molecule has 0 fully saturated rings. The van der Waals surface area contributed by atoms with Crippen LogP contribution in [0.25, 0.3) is 0 Å². The average Bonchev–Trinajstić information content (AvgIpc) is 2.25. The zero-order chi connectivity index (χ0) is 11.8. The maximum Gasteiger partial charge on any atom is 0.137 e. The van der Waals surface area contributed by atoms with Crippen molar-refractivity contribution in [3.8, 4) is 0 Å². The van der Waals surface area contributed by atoms with Gasteiger partial charge < -0.3 is 5.73 Å². The highest BCUT2D eigenvalue weighted by atomic mass is 19.1. The highest BCUT2D eigenvalue weighted by molar-refractivity contribution is 5.81. The highest BCUT2D eigenvalue weighted by Gasteiger charge is 2.04. The van der Waals surface area contributed by atoms with Crippen molar-refractivity contribution in [1.82, 2.24) is 0 Å². The van der Waals surface area contributed by atoms with Crippen LogP contribution in [0.5, 0.6) is 0 Å². The van der Waals surface area contributed by atoms with Crippen molar-refractivity contribution < 1.29 is 9.18 Å². The molecule has 0 heterocycles. The molecular weight excluding hydrogens is 193 g/mol. The van der Waals surface area contributed by atoms with E-state index in [0.29, 0.717) is 24.1 Å². The number of anilines is 1. The number of hydrogen-bond acceptors (Lipinski definition) is 2. The molecule has 0 amide bonds. The summed E-state index contributed by atoms with van der Waals surface area (Å²) in [4.78, 5) is 11.1. The largest absolute Gasteiger partial charge is 0.398 e. The van der Waals surface area contributed by atoms with Gasteiger partial charge in [0.15, 0.2) is 0 Å². The number of benzene rings is 1. The summed E-state index contributed by atoms with van der Waals surface area (Å²) in [6.07, 6.45) is 0.777. The Kier molecular flexibility index (Phi) is 6.02. The van der Waals surface area contributed by atoms with Crippen LogP contribution >= 0.6 is 0 Å². The number of rotatable bonds is 3. The molecule has 1 aromatic carbocycles. The minimum atomic E-state index is -0.370. The minimum Gasteiger partial charge on any atom is -0.398 e. The first-order valence-electron chi connectivity index (χ1n) is 4.69. The van der Waals surface area contributed by atoms with Crippen molar-refractivity contribution in [2.75, 3.05) is 5.73 Å². The van der Waals surface area contributed by atoms with Gasteiger partial charge in [-0.05, 0) is 17.7 Å². The lowest BCUT2D eigenvalue weighted by Gasteiger charge is -2.03. The average molecular weight is 209 g/mol. The predicted octanol–water partition coefficient (Wildman–Crippen LogP) is 2.73. The van der Waals surface area contributed by atoms with Crippen LogP contribution in [-0.4, -0.2) is 5.78 Å². The molecule has 0 aromatic heterocycles. The van der Waals surface area contributed by atoms with E-state index >= 15 is 0 Å². The number of hydrogen-bond donors (Lipinski definition) is 1. The summed E-state index contributed by atoms with van der Waals surface area (Å²) in [5, 5.41) is 0. The standard InChI is InChI=1S/C10H12FNO.C2H4/c1-2-9(13)5-7-3-4-8(11)6-10(7)12;1-2/h3-4,6H,2,5,12H2,1H3;1-2H2. The Morgan fingerprint density at radius 1 is 1.47 bits per heavy atom. The van der Waals surface area contributed by atoms with E-state index in [1.165, 1.54) is 12.1 Å². The lowest BCUT2D eigenvalue weighted by molar-refractivity contribution is -0.118. The summed E-state index contributed by atoms with van der Waals surface area (Å²) in [5.41, 5.74) is 6.58. The van der Waals surface area contributed by atoms with Crippen LogP contribution in [0, 0.1) is 5.82 Å². The Labute approximate surface area is 89.6 Å². The molecule has 0 saturated heterocycles. The monoisotopic (exact) mass is 209 g/mol. The van der Waals surface area contributed by atoms with Gasteiger partial charge in [0.05, 0.1) is 0 Å². The van der Waals surface area contributed by atoms with E-state index in [1.807, 2.05) is 0 Å². The van der Waals surface area contributed by atoms with Crippen molar-refractivity contribution in [3.05, 3.63) is 42.7 Å². The van der Waals surface area contributed by atoms with Crippen LogP contribution in [0.1, 0.15) is 18.9 Å². The second-order valence-electron chi connectivity index (χ2n) is 2.91. The molecule has 0 atom stereocenters. The summed E-state index contributed by atoms with van der Waals surface area (Å²) in [6.45, 7) is 7.79. The van der Waals surface area contributed by atoms with E-state index in [1.54, 1.807) is 13.0 Å². The maximum absolute atomic E-state index is 12.6. The van der Waals surface area contributed by atoms with Crippen molar-refractivity contribution >= 4 is 11.5 Å². The molecule has 82 valence electrons. The van der Waals surface area contributed by atoms with Gasteiger partial charge in [-0.3, -0.25) is 4.79 Å². The Bertz CT molecular complexity index is 336. The predicted molar refractivity (Wildman–Crippen MR) is 61.1 cm³/mol. The third kappa shape index (κ3) is 4.40. The molecular formula is C12H16FNO. The fourth-order valence-corrected chi connectivity index (χ4v) is 1.06. The summed E-state index contributed by atoms with van der Waals surface area (Å²) >= 11 is 0. The van der Waals surface area contributed by atoms with Crippen molar-refractivity contribution in [2.45, 2.75) is 19.8 Å². The van der Waals surface area contributed by atoms with Gasteiger partial charge in [0.2, 0.25) is 0 Å². The molecule has 0 aliphatic rings. The van der Waals surface area contributed by atoms with Gasteiger partial charge in [0, 0.05) is 18.5 Å². The second kappa shape index (κ2) is 6.76. The zero-order valence-electron chi connectivity index (χ0n) is 8.92. The summed E-state index contributed by atoms with van der Waals surface area (Å²) in [6, 6.07) is 4.10. The fraction of sp³-hybridized carbons (Fsp3) is 0.250. The first-order valence-corrected chi connectivity index (χ1v) is 4.69. The molecule has 0 spiro atoms. The molecule has 2 N–H and O–H groups in total. The quantitative estimate of drug-likeness (QED) is 0.614. The van der Waals surface area contributed by atoms with Gasteiger partial charge in [0.1, 0.15) is 11.6 Å². The molecule has 0 saturated carbocycles. The van der Waals surface area contributed by atoms with Crippen molar-refractivity contribution in [3.63, 3.8) is 0 Å². The van der Waals surface area contributed by atoms with E-state index < -0.39 is 0 Å². The van der Waals surface area contributed by atoms with E-state index in [-0.39, 0.29) is 11.6 Å². The van der Waals surface area contributed by atoms with Crippen LogP contribution in [0.3, 0.4) is 0 Å². The summed E-state index contributed by atoms with van der Waals surface area (Å²) < 4.78 is 12.6. The topological polar surface area (TPSA) is 43.1 Å². The number of nitrogen functional groups attached to an aromatic ring is 1. The molecule has 2 nitrogen and oxygen atoms in total. The Morgan fingerprint density at radius 2 is 2.07 bits per heavy atom.